The average Bonchev–Trinajstić information content (AvgIpc) is 2.38. The third kappa shape index (κ3) is 2.29. The highest BCUT2D eigenvalue weighted by atomic mass is 79.9. The van der Waals surface area contributed by atoms with Crippen molar-refractivity contribution in [1.82, 2.24) is 4.90 Å². The van der Waals surface area contributed by atoms with Crippen LogP contribution in [0.2, 0.25) is 0 Å². The molecule has 1 rings (SSSR count). The minimum atomic E-state index is -4.23. The monoisotopic (exact) mass is 287 g/mol. The Hall–Kier alpha value is -0.260. The number of rotatable bonds is 1. The Kier molecular flexibility index (Phi) is 3.38. The van der Waals surface area contributed by atoms with Crippen molar-refractivity contribution in [2.45, 2.75) is 32.0 Å². The van der Waals surface area contributed by atoms with Crippen molar-refractivity contribution >= 4 is 21.8 Å². The predicted molar refractivity (Wildman–Crippen MR) is 53.7 cm³/mol. The molecule has 1 fully saturated rings. The topological polar surface area (TPSA) is 20.3 Å². The summed E-state index contributed by atoms with van der Waals surface area (Å²) in [6.07, 6.45) is -4.24. The zero-order valence-electron chi connectivity index (χ0n) is 8.57. The molecule has 1 aliphatic rings. The average molecular weight is 288 g/mol. The third-order valence-corrected chi connectivity index (χ3v) is 3.48. The number of nitrogens with zero attached hydrogens (tertiary/aromatic N) is 1. The smallest absolute Gasteiger partial charge is 0.336 e. The maximum Gasteiger partial charge on any atom is 0.394 e. The molecule has 88 valence electrons. The first kappa shape index (κ1) is 12.8. The van der Waals surface area contributed by atoms with E-state index in [2.05, 4.69) is 15.9 Å². The van der Waals surface area contributed by atoms with Crippen LogP contribution in [-0.4, -0.2) is 34.4 Å². The molecule has 1 atom stereocenters. The first-order valence-electron chi connectivity index (χ1n) is 4.64. The van der Waals surface area contributed by atoms with Crippen molar-refractivity contribution in [3.63, 3.8) is 0 Å². The summed E-state index contributed by atoms with van der Waals surface area (Å²) in [4.78, 5) is 12.7. The summed E-state index contributed by atoms with van der Waals surface area (Å²) in [5.41, 5.74) is -1.14. The molecule has 0 radical (unpaired) electrons. The van der Waals surface area contributed by atoms with E-state index in [0.717, 1.165) is 0 Å². The molecule has 1 amide bonds. The molecular formula is C9H13BrF3NO. The summed E-state index contributed by atoms with van der Waals surface area (Å²) in [6.45, 7) is 3.12. The van der Waals surface area contributed by atoms with Crippen molar-refractivity contribution in [1.29, 1.82) is 0 Å². The van der Waals surface area contributed by atoms with Crippen LogP contribution in [0.4, 0.5) is 13.2 Å². The Morgan fingerprint density at radius 1 is 1.53 bits per heavy atom. The maximum atomic E-state index is 12.6. The van der Waals surface area contributed by atoms with Crippen LogP contribution in [0.3, 0.4) is 0 Å². The van der Waals surface area contributed by atoms with Crippen molar-refractivity contribution in [2.75, 3.05) is 11.9 Å². The van der Waals surface area contributed by atoms with E-state index in [1.165, 1.54) is 18.7 Å². The molecule has 0 aromatic carbocycles. The second kappa shape index (κ2) is 3.96. The van der Waals surface area contributed by atoms with Gasteiger partial charge in [0, 0.05) is 12.1 Å². The number of likely N-dealkylation sites (tertiary alicyclic amines) is 1. The number of carbonyl (C=O) groups is 1. The molecule has 2 nitrogen and oxygen atoms in total. The molecule has 15 heavy (non-hydrogen) atoms. The molecule has 0 spiro atoms. The lowest BCUT2D eigenvalue weighted by atomic mass is 9.88. The molecule has 0 aliphatic carbocycles. The van der Waals surface area contributed by atoms with Gasteiger partial charge in [-0.25, -0.2) is 0 Å². The molecule has 1 unspecified atom stereocenters. The molecule has 0 N–H and O–H groups in total. The van der Waals surface area contributed by atoms with E-state index < -0.39 is 17.6 Å². The van der Waals surface area contributed by atoms with E-state index in [1.807, 2.05) is 0 Å². The van der Waals surface area contributed by atoms with Crippen LogP contribution >= 0.6 is 15.9 Å². The van der Waals surface area contributed by atoms with Gasteiger partial charge >= 0.3 is 6.18 Å². The zero-order chi connectivity index (χ0) is 11.9. The van der Waals surface area contributed by atoms with Crippen LogP contribution in [0.25, 0.3) is 0 Å². The largest absolute Gasteiger partial charge is 0.394 e. The van der Waals surface area contributed by atoms with Crippen molar-refractivity contribution in [3.8, 4) is 0 Å². The van der Waals surface area contributed by atoms with Gasteiger partial charge in [0.1, 0.15) is 0 Å². The number of carbonyl (C=O) groups excluding carboxylic acids is 1. The molecule has 6 heteroatoms. The maximum absolute atomic E-state index is 12.6. The van der Waals surface area contributed by atoms with E-state index in [0.29, 0.717) is 0 Å². The van der Waals surface area contributed by atoms with Crippen LogP contribution in [0.15, 0.2) is 0 Å². The molecule has 0 aromatic rings. The van der Waals surface area contributed by atoms with Gasteiger partial charge in [-0.2, -0.15) is 13.2 Å². The molecule has 0 bridgehead atoms. The van der Waals surface area contributed by atoms with Crippen molar-refractivity contribution < 1.29 is 18.0 Å². The van der Waals surface area contributed by atoms with Gasteiger partial charge in [0.15, 0.2) is 0 Å². The van der Waals surface area contributed by atoms with Gasteiger partial charge in [-0.1, -0.05) is 15.9 Å². The Morgan fingerprint density at radius 3 is 2.40 bits per heavy atom. The standard InChI is InChI=1S/C9H13BrF3NO/c1-8(2)6(9(11,12)13)3-4-14(8)7(15)5-10/h6H,3-5H2,1-2H3. The van der Waals surface area contributed by atoms with Crippen LogP contribution in [0.5, 0.6) is 0 Å². The van der Waals surface area contributed by atoms with Crippen LogP contribution in [-0.2, 0) is 4.79 Å². The second-order valence-electron chi connectivity index (χ2n) is 4.22. The van der Waals surface area contributed by atoms with Crippen LogP contribution in [0, 0.1) is 5.92 Å². The summed E-state index contributed by atoms with van der Waals surface area (Å²) in [5.74, 6) is -1.71. The van der Waals surface area contributed by atoms with E-state index >= 15 is 0 Å². The van der Waals surface area contributed by atoms with Gasteiger partial charge in [0.05, 0.1) is 11.2 Å². The number of hydrogen-bond donors (Lipinski definition) is 0. The number of halogens is 4. The Morgan fingerprint density at radius 2 is 2.07 bits per heavy atom. The van der Waals surface area contributed by atoms with E-state index in [1.54, 1.807) is 0 Å². The van der Waals surface area contributed by atoms with Gasteiger partial charge in [0.25, 0.3) is 0 Å². The molecule has 0 saturated carbocycles. The van der Waals surface area contributed by atoms with Gasteiger partial charge in [-0.15, -0.1) is 0 Å². The third-order valence-electron chi connectivity index (χ3n) is 3.00. The SMILES string of the molecule is CC1(C)C(C(F)(F)F)CCN1C(=O)CBr. The molecule has 1 saturated heterocycles. The predicted octanol–water partition coefficient (Wildman–Crippen LogP) is 2.57. The number of alkyl halides is 4. The molecular weight excluding hydrogens is 275 g/mol. The quantitative estimate of drug-likeness (QED) is 0.679. The summed E-state index contributed by atoms with van der Waals surface area (Å²) in [6, 6.07) is 0. The minimum absolute atomic E-state index is 0.00472. The zero-order valence-corrected chi connectivity index (χ0v) is 10.2. The van der Waals surface area contributed by atoms with Gasteiger partial charge in [-0.05, 0) is 20.3 Å². The Labute approximate surface area is 94.9 Å². The van der Waals surface area contributed by atoms with Gasteiger partial charge < -0.3 is 4.90 Å². The highest BCUT2D eigenvalue weighted by molar-refractivity contribution is 9.09. The van der Waals surface area contributed by atoms with Crippen LogP contribution < -0.4 is 0 Å². The second-order valence-corrected chi connectivity index (χ2v) is 4.78. The highest BCUT2D eigenvalue weighted by Gasteiger charge is 2.55. The van der Waals surface area contributed by atoms with Gasteiger partial charge in [0.2, 0.25) is 5.91 Å². The summed E-state index contributed by atoms with van der Waals surface area (Å²) < 4.78 is 37.9. The van der Waals surface area contributed by atoms with E-state index in [9.17, 15) is 18.0 Å². The lowest BCUT2D eigenvalue weighted by Gasteiger charge is -2.36. The Balaban J connectivity index is 2.90. The van der Waals surface area contributed by atoms with Crippen molar-refractivity contribution in [3.05, 3.63) is 0 Å². The molecule has 1 heterocycles. The fourth-order valence-electron chi connectivity index (χ4n) is 2.17. The first-order chi connectivity index (χ1) is 6.71. The molecule has 1 aliphatic heterocycles. The van der Waals surface area contributed by atoms with Crippen molar-refractivity contribution in [2.24, 2.45) is 5.92 Å². The molecule has 0 aromatic heterocycles. The number of hydrogen-bond acceptors (Lipinski definition) is 1. The fraction of sp³-hybridized carbons (Fsp3) is 0.889. The van der Waals surface area contributed by atoms with Gasteiger partial charge in [-0.3, -0.25) is 4.79 Å². The van der Waals surface area contributed by atoms with E-state index in [-0.39, 0.29) is 24.2 Å². The lowest BCUT2D eigenvalue weighted by molar-refractivity contribution is -0.192. The summed E-state index contributed by atoms with van der Waals surface area (Å²) >= 11 is 2.97. The first-order valence-corrected chi connectivity index (χ1v) is 5.76. The highest BCUT2D eigenvalue weighted by Crippen LogP contribution is 2.44. The number of amides is 1. The lowest BCUT2D eigenvalue weighted by Crippen LogP contribution is -2.50. The normalized spacial score (nSPS) is 25.7. The fourth-order valence-corrected chi connectivity index (χ4v) is 2.47. The summed E-state index contributed by atoms with van der Waals surface area (Å²) in [7, 11) is 0. The Bertz CT molecular complexity index is 265. The van der Waals surface area contributed by atoms with Crippen LogP contribution in [0.1, 0.15) is 20.3 Å². The minimum Gasteiger partial charge on any atom is -0.336 e. The summed E-state index contributed by atoms with van der Waals surface area (Å²) in [5, 5.41) is 0.0704. The van der Waals surface area contributed by atoms with E-state index in [4.69, 9.17) is 0 Å².